The standard InChI is InChI=1S/C12H13BrN2O/c13-9-2-1-3-10-12(9)16-11(15-10)7-14-6-8-4-5-8/h1-3,8,14H,4-7H2. The Morgan fingerprint density at radius 1 is 1.44 bits per heavy atom. The molecule has 4 heteroatoms. The molecule has 84 valence electrons. The Balaban J connectivity index is 1.73. The number of hydrogen-bond acceptors (Lipinski definition) is 3. The third kappa shape index (κ3) is 2.13. The highest BCUT2D eigenvalue weighted by Gasteiger charge is 2.20. The van der Waals surface area contributed by atoms with E-state index in [-0.39, 0.29) is 0 Å². The van der Waals surface area contributed by atoms with E-state index >= 15 is 0 Å². The molecular weight excluding hydrogens is 268 g/mol. The average Bonchev–Trinajstić information content (AvgIpc) is 2.98. The maximum Gasteiger partial charge on any atom is 0.209 e. The number of fused-ring (bicyclic) bond motifs is 1. The molecule has 0 atom stereocenters. The topological polar surface area (TPSA) is 38.1 Å². The van der Waals surface area contributed by atoms with Crippen LogP contribution in [0.2, 0.25) is 0 Å². The minimum absolute atomic E-state index is 0.720. The van der Waals surface area contributed by atoms with Crippen LogP contribution in [0.4, 0.5) is 0 Å². The van der Waals surface area contributed by atoms with Crippen molar-refractivity contribution in [2.45, 2.75) is 19.4 Å². The molecular formula is C12H13BrN2O. The SMILES string of the molecule is Brc1cccc2nc(CNCC3CC3)oc12. The highest BCUT2D eigenvalue weighted by Crippen LogP contribution is 2.28. The van der Waals surface area contributed by atoms with Gasteiger partial charge in [0.15, 0.2) is 5.58 Å². The zero-order valence-electron chi connectivity index (χ0n) is 8.87. The van der Waals surface area contributed by atoms with E-state index < -0.39 is 0 Å². The Labute approximate surface area is 102 Å². The quantitative estimate of drug-likeness (QED) is 0.935. The third-order valence-corrected chi connectivity index (χ3v) is 3.44. The van der Waals surface area contributed by atoms with E-state index in [2.05, 4.69) is 26.2 Å². The molecule has 0 aliphatic heterocycles. The molecule has 1 heterocycles. The second kappa shape index (κ2) is 4.18. The summed E-state index contributed by atoms with van der Waals surface area (Å²) in [6.07, 6.45) is 2.73. The predicted octanol–water partition coefficient (Wildman–Crippen LogP) is 3.09. The average molecular weight is 281 g/mol. The van der Waals surface area contributed by atoms with Crippen molar-refractivity contribution in [2.75, 3.05) is 6.54 Å². The molecule has 2 aromatic rings. The van der Waals surface area contributed by atoms with Gasteiger partial charge >= 0.3 is 0 Å². The first-order valence-corrected chi connectivity index (χ1v) is 6.37. The second-order valence-electron chi connectivity index (χ2n) is 4.27. The second-order valence-corrected chi connectivity index (χ2v) is 5.12. The molecule has 3 nitrogen and oxygen atoms in total. The van der Waals surface area contributed by atoms with Gasteiger partial charge in [-0.3, -0.25) is 0 Å². The normalized spacial score (nSPS) is 15.8. The summed E-state index contributed by atoms with van der Waals surface area (Å²) in [5.41, 5.74) is 1.75. The van der Waals surface area contributed by atoms with Crippen molar-refractivity contribution in [1.82, 2.24) is 10.3 Å². The summed E-state index contributed by atoms with van der Waals surface area (Å²) in [6.45, 7) is 1.80. The van der Waals surface area contributed by atoms with Crippen LogP contribution in [0, 0.1) is 5.92 Å². The van der Waals surface area contributed by atoms with E-state index in [9.17, 15) is 0 Å². The fourth-order valence-electron chi connectivity index (χ4n) is 1.74. The Morgan fingerprint density at radius 2 is 2.31 bits per heavy atom. The minimum atomic E-state index is 0.720. The summed E-state index contributed by atoms with van der Waals surface area (Å²) >= 11 is 3.46. The molecule has 1 fully saturated rings. The molecule has 1 aliphatic rings. The van der Waals surface area contributed by atoms with Crippen LogP contribution in [0.15, 0.2) is 27.1 Å². The lowest BCUT2D eigenvalue weighted by molar-refractivity contribution is 0.489. The molecule has 0 unspecified atom stereocenters. The fraction of sp³-hybridized carbons (Fsp3) is 0.417. The summed E-state index contributed by atoms with van der Waals surface area (Å²) in [5, 5.41) is 3.37. The molecule has 0 radical (unpaired) electrons. The van der Waals surface area contributed by atoms with Gasteiger partial charge in [0.1, 0.15) is 5.52 Å². The van der Waals surface area contributed by atoms with Gasteiger partial charge in [0.05, 0.1) is 11.0 Å². The molecule has 0 amide bonds. The van der Waals surface area contributed by atoms with E-state index in [0.717, 1.165) is 40.5 Å². The van der Waals surface area contributed by atoms with Gasteiger partial charge < -0.3 is 9.73 Å². The number of aromatic nitrogens is 1. The van der Waals surface area contributed by atoms with E-state index in [4.69, 9.17) is 4.42 Å². The van der Waals surface area contributed by atoms with E-state index in [1.807, 2.05) is 18.2 Å². The van der Waals surface area contributed by atoms with Gasteiger partial charge in [0, 0.05) is 0 Å². The summed E-state index contributed by atoms with van der Waals surface area (Å²) in [6, 6.07) is 5.90. The van der Waals surface area contributed by atoms with Crippen LogP contribution in [0.25, 0.3) is 11.1 Å². The van der Waals surface area contributed by atoms with Crippen molar-refractivity contribution in [3.63, 3.8) is 0 Å². The highest BCUT2D eigenvalue weighted by atomic mass is 79.9. The van der Waals surface area contributed by atoms with Crippen LogP contribution in [0.3, 0.4) is 0 Å². The third-order valence-electron chi connectivity index (χ3n) is 2.82. The minimum Gasteiger partial charge on any atom is -0.438 e. The molecule has 0 spiro atoms. The van der Waals surface area contributed by atoms with Crippen LogP contribution < -0.4 is 5.32 Å². The summed E-state index contributed by atoms with van der Waals surface area (Å²) in [4.78, 5) is 4.43. The fourth-order valence-corrected chi connectivity index (χ4v) is 2.18. The Kier molecular flexibility index (Phi) is 2.69. The molecule has 1 saturated carbocycles. The smallest absolute Gasteiger partial charge is 0.209 e. The molecule has 1 aromatic carbocycles. The molecule has 1 aromatic heterocycles. The first-order valence-electron chi connectivity index (χ1n) is 5.57. The van der Waals surface area contributed by atoms with Crippen molar-refractivity contribution < 1.29 is 4.42 Å². The molecule has 0 bridgehead atoms. The van der Waals surface area contributed by atoms with Crippen molar-refractivity contribution >= 4 is 27.0 Å². The number of rotatable bonds is 4. The van der Waals surface area contributed by atoms with E-state index in [0.29, 0.717) is 0 Å². The van der Waals surface area contributed by atoms with Gasteiger partial charge in [0.2, 0.25) is 5.89 Å². The van der Waals surface area contributed by atoms with Crippen molar-refractivity contribution in [2.24, 2.45) is 5.92 Å². The van der Waals surface area contributed by atoms with Crippen molar-refractivity contribution in [3.8, 4) is 0 Å². The van der Waals surface area contributed by atoms with Gasteiger partial charge in [-0.05, 0) is 53.4 Å². The zero-order valence-corrected chi connectivity index (χ0v) is 10.5. The lowest BCUT2D eigenvalue weighted by Gasteiger charge is -1.97. The van der Waals surface area contributed by atoms with E-state index in [1.54, 1.807) is 0 Å². The summed E-state index contributed by atoms with van der Waals surface area (Å²) < 4.78 is 6.64. The largest absolute Gasteiger partial charge is 0.438 e. The number of halogens is 1. The van der Waals surface area contributed by atoms with Crippen LogP contribution >= 0.6 is 15.9 Å². The highest BCUT2D eigenvalue weighted by molar-refractivity contribution is 9.10. The Morgan fingerprint density at radius 3 is 3.06 bits per heavy atom. The van der Waals surface area contributed by atoms with Gasteiger partial charge in [-0.2, -0.15) is 0 Å². The van der Waals surface area contributed by atoms with Crippen LogP contribution in [0.5, 0.6) is 0 Å². The summed E-state index contributed by atoms with van der Waals surface area (Å²) in [7, 11) is 0. The maximum absolute atomic E-state index is 5.68. The van der Waals surface area contributed by atoms with Crippen molar-refractivity contribution in [1.29, 1.82) is 0 Å². The number of oxazole rings is 1. The van der Waals surface area contributed by atoms with Crippen LogP contribution in [-0.2, 0) is 6.54 Å². The lowest BCUT2D eigenvalue weighted by Crippen LogP contribution is -2.16. The number of hydrogen-bond donors (Lipinski definition) is 1. The Hall–Kier alpha value is -0.870. The van der Waals surface area contributed by atoms with Gasteiger partial charge in [-0.1, -0.05) is 6.07 Å². The van der Waals surface area contributed by atoms with E-state index in [1.165, 1.54) is 12.8 Å². The first-order chi connectivity index (χ1) is 7.83. The zero-order chi connectivity index (χ0) is 11.0. The Bertz CT molecular complexity index is 505. The predicted molar refractivity (Wildman–Crippen MR) is 66.1 cm³/mol. The number of benzene rings is 1. The van der Waals surface area contributed by atoms with Crippen LogP contribution in [-0.4, -0.2) is 11.5 Å². The van der Waals surface area contributed by atoms with Crippen molar-refractivity contribution in [3.05, 3.63) is 28.6 Å². The lowest BCUT2D eigenvalue weighted by atomic mass is 10.3. The number of para-hydroxylation sites is 1. The number of nitrogens with one attached hydrogen (secondary N) is 1. The number of nitrogens with zero attached hydrogens (tertiary/aromatic N) is 1. The van der Waals surface area contributed by atoms with Crippen LogP contribution in [0.1, 0.15) is 18.7 Å². The monoisotopic (exact) mass is 280 g/mol. The van der Waals surface area contributed by atoms with Gasteiger partial charge in [0.25, 0.3) is 0 Å². The molecule has 16 heavy (non-hydrogen) atoms. The molecule has 1 N–H and O–H groups in total. The maximum atomic E-state index is 5.68. The summed E-state index contributed by atoms with van der Waals surface area (Å²) in [5.74, 6) is 1.65. The molecule has 3 rings (SSSR count). The first kappa shape index (κ1) is 10.3. The van der Waals surface area contributed by atoms with Gasteiger partial charge in [-0.15, -0.1) is 0 Å². The van der Waals surface area contributed by atoms with Gasteiger partial charge in [-0.25, -0.2) is 4.98 Å². The molecule has 1 aliphatic carbocycles. The molecule has 0 saturated heterocycles.